The fraction of sp³-hybridized carbons (Fsp3) is 0.278. The number of hydrogen-bond donors (Lipinski definition) is 2. The molecule has 0 atom stereocenters. The van der Waals surface area contributed by atoms with Gasteiger partial charge in [-0.1, -0.05) is 6.92 Å². The summed E-state index contributed by atoms with van der Waals surface area (Å²) in [5.74, 6) is -5.15. The lowest BCUT2D eigenvalue weighted by Crippen LogP contribution is -2.18. The van der Waals surface area contributed by atoms with Gasteiger partial charge in [-0.2, -0.15) is 0 Å². The van der Waals surface area contributed by atoms with Crippen molar-refractivity contribution < 1.29 is 41.8 Å². The van der Waals surface area contributed by atoms with Crippen LogP contribution in [0.2, 0.25) is 0 Å². The number of rotatable bonds is 9. The van der Waals surface area contributed by atoms with Crippen LogP contribution in [0.4, 0.5) is 22.6 Å². The number of carboxylic acid groups (broad SMARTS) is 1. The Hall–Kier alpha value is -2.60. The third-order valence-corrected chi connectivity index (χ3v) is 5.62. The van der Waals surface area contributed by atoms with E-state index >= 15 is 0 Å². The van der Waals surface area contributed by atoms with Crippen LogP contribution >= 0.6 is 23.1 Å². The van der Waals surface area contributed by atoms with Gasteiger partial charge in [-0.3, -0.25) is 14.4 Å². The standard InChI is InChI=1S/C18H15F4NO5S2/c1-2-10-6-11(17(30-10)23-14(24)7-29-8-15(25)26)16(27)9-3-4-13(12(19)5-9)28-18(20,21)22/h3-6H,2,7-8H2,1H3,(H,23,24)(H,25,26). The highest BCUT2D eigenvalue weighted by atomic mass is 32.2. The predicted octanol–water partition coefficient (Wildman–Crippen LogP) is 4.34. The number of alkyl halides is 3. The molecule has 0 radical (unpaired) electrons. The third-order valence-electron chi connectivity index (χ3n) is 3.51. The molecule has 0 fully saturated rings. The number of halogens is 4. The van der Waals surface area contributed by atoms with Gasteiger partial charge >= 0.3 is 12.3 Å². The summed E-state index contributed by atoms with van der Waals surface area (Å²) in [5, 5.41) is 11.3. The smallest absolute Gasteiger partial charge is 0.481 e. The molecule has 1 heterocycles. The van der Waals surface area contributed by atoms with Crippen LogP contribution in [0, 0.1) is 5.82 Å². The number of ketones is 1. The van der Waals surface area contributed by atoms with Crippen molar-refractivity contribution in [2.24, 2.45) is 0 Å². The fourth-order valence-electron chi connectivity index (χ4n) is 2.28. The summed E-state index contributed by atoms with van der Waals surface area (Å²) < 4.78 is 54.3. The number of ether oxygens (including phenoxy) is 1. The Bertz CT molecular complexity index is 959. The normalized spacial score (nSPS) is 11.2. The van der Waals surface area contributed by atoms with E-state index in [2.05, 4.69) is 10.1 Å². The van der Waals surface area contributed by atoms with Crippen molar-refractivity contribution in [1.82, 2.24) is 0 Å². The number of amides is 1. The number of carbonyl (C=O) groups excluding carboxylic acids is 2. The third kappa shape index (κ3) is 6.73. The van der Waals surface area contributed by atoms with Crippen molar-refractivity contribution in [3.63, 3.8) is 0 Å². The molecule has 1 aromatic carbocycles. The van der Waals surface area contributed by atoms with Gasteiger partial charge < -0.3 is 15.2 Å². The van der Waals surface area contributed by atoms with Crippen LogP contribution in [-0.4, -0.2) is 40.6 Å². The van der Waals surface area contributed by atoms with E-state index in [0.29, 0.717) is 18.6 Å². The van der Waals surface area contributed by atoms with E-state index in [4.69, 9.17) is 5.11 Å². The van der Waals surface area contributed by atoms with E-state index in [1.54, 1.807) is 0 Å². The van der Waals surface area contributed by atoms with Crippen LogP contribution in [0.1, 0.15) is 27.7 Å². The maximum atomic E-state index is 13.9. The first-order valence-corrected chi connectivity index (χ1v) is 10.3. The van der Waals surface area contributed by atoms with Gasteiger partial charge in [0.2, 0.25) is 5.91 Å². The molecule has 0 saturated carbocycles. The Kier molecular flexibility index (Phi) is 7.84. The van der Waals surface area contributed by atoms with Gasteiger partial charge in [0.15, 0.2) is 17.3 Å². The van der Waals surface area contributed by atoms with Crippen LogP contribution < -0.4 is 10.1 Å². The first-order valence-electron chi connectivity index (χ1n) is 8.32. The zero-order chi connectivity index (χ0) is 22.5. The molecule has 0 unspecified atom stereocenters. The average molecular weight is 465 g/mol. The second-order valence-corrected chi connectivity index (χ2v) is 7.89. The first-order chi connectivity index (χ1) is 14.0. The van der Waals surface area contributed by atoms with Gasteiger partial charge in [0.05, 0.1) is 17.1 Å². The molecule has 0 aliphatic carbocycles. The number of thioether (sulfide) groups is 1. The number of thiophene rings is 1. The molecule has 0 aliphatic heterocycles. The largest absolute Gasteiger partial charge is 0.573 e. The average Bonchev–Trinajstić information content (AvgIpc) is 3.04. The molecule has 0 aliphatic rings. The minimum absolute atomic E-state index is 0.0531. The van der Waals surface area contributed by atoms with Crippen LogP contribution in [-0.2, 0) is 16.0 Å². The second kappa shape index (κ2) is 9.94. The number of aliphatic carboxylic acids is 1. The van der Waals surface area contributed by atoms with Gasteiger partial charge in [0.1, 0.15) is 5.00 Å². The second-order valence-electron chi connectivity index (χ2n) is 5.77. The van der Waals surface area contributed by atoms with Gasteiger partial charge in [0, 0.05) is 10.4 Å². The maximum Gasteiger partial charge on any atom is 0.573 e. The van der Waals surface area contributed by atoms with E-state index < -0.39 is 35.6 Å². The number of nitrogens with one attached hydrogen (secondary N) is 1. The van der Waals surface area contributed by atoms with Crippen molar-refractivity contribution in [3.8, 4) is 5.75 Å². The van der Waals surface area contributed by atoms with Gasteiger partial charge in [0.25, 0.3) is 0 Å². The molecule has 0 saturated heterocycles. The summed E-state index contributed by atoms with van der Waals surface area (Å²) in [4.78, 5) is 36.0. The lowest BCUT2D eigenvalue weighted by molar-refractivity contribution is -0.275. The minimum atomic E-state index is -5.08. The summed E-state index contributed by atoms with van der Waals surface area (Å²) in [6.45, 7) is 1.82. The Labute approximate surface area is 176 Å². The Morgan fingerprint density at radius 3 is 2.47 bits per heavy atom. The Morgan fingerprint density at radius 2 is 1.90 bits per heavy atom. The van der Waals surface area contributed by atoms with Gasteiger partial charge in [-0.05, 0) is 30.7 Å². The number of anilines is 1. The molecule has 0 spiro atoms. The summed E-state index contributed by atoms with van der Waals surface area (Å²) in [6.07, 6.45) is -4.53. The Morgan fingerprint density at radius 1 is 1.20 bits per heavy atom. The van der Waals surface area contributed by atoms with Crippen molar-refractivity contribution >= 4 is 45.8 Å². The van der Waals surface area contributed by atoms with Gasteiger partial charge in [-0.25, -0.2) is 4.39 Å². The molecule has 1 aromatic heterocycles. The van der Waals surface area contributed by atoms with E-state index in [0.717, 1.165) is 34.0 Å². The van der Waals surface area contributed by atoms with Crippen molar-refractivity contribution in [1.29, 1.82) is 0 Å². The SMILES string of the molecule is CCc1cc(C(=O)c2ccc(OC(F)(F)F)c(F)c2)c(NC(=O)CSCC(=O)O)s1. The fourth-order valence-corrected chi connectivity index (χ4v) is 3.82. The topological polar surface area (TPSA) is 92.7 Å². The molecule has 2 aromatic rings. The van der Waals surface area contributed by atoms with Gasteiger partial charge in [-0.15, -0.1) is 36.3 Å². The lowest BCUT2D eigenvalue weighted by Gasteiger charge is -2.10. The molecule has 1 amide bonds. The molecule has 162 valence electrons. The van der Waals surface area contributed by atoms with E-state index in [-0.39, 0.29) is 27.6 Å². The number of carboxylic acids is 1. The zero-order valence-electron chi connectivity index (χ0n) is 15.3. The quantitative estimate of drug-likeness (QED) is 0.423. The molecule has 2 N–H and O–H groups in total. The molecular formula is C18H15F4NO5S2. The van der Waals surface area contributed by atoms with E-state index in [9.17, 15) is 31.9 Å². The molecule has 0 bridgehead atoms. The van der Waals surface area contributed by atoms with Crippen molar-refractivity contribution in [3.05, 3.63) is 46.1 Å². The highest BCUT2D eigenvalue weighted by molar-refractivity contribution is 8.00. The predicted molar refractivity (Wildman–Crippen MR) is 104 cm³/mol. The zero-order valence-corrected chi connectivity index (χ0v) is 17.0. The number of carbonyl (C=O) groups is 3. The number of aryl methyl sites for hydroxylation is 1. The van der Waals surface area contributed by atoms with Crippen LogP contribution in [0.25, 0.3) is 0 Å². The highest BCUT2D eigenvalue weighted by Crippen LogP contribution is 2.32. The molecular weight excluding hydrogens is 450 g/mol. The van der Waals surface area contributed by atoms with Crippen LogP contribution in [0.5, 0.6) is 5.75 Å². The first kappa shape index (κ1) is 23.7. The summed E-state index contributed by atoms with van der Waals surface area (Å²) in [7, 11) is 0. The molecule has 2 rings (SSSR count). The highest BCUT2D eigenvalue weighted by Gasteiger charge is 2.32. The van der Waals surface area contributed by atoms with E-state index in [1.165, 1.54) is 6.07 Å². The lowest BCUT2D eigenvalue weighted by atomic mass is 10.0. The van der Waals surface area contributed by atoms with Crippen molar-refractivity contribution in [2.75, 3.05) is 16.8 Å². The monoisotopic (exact) mass is 465 g/mol. The van der Waals surface area contributed by atoms with Crippen LogP contribution in [0.15, 0.2) is 24.3 Å². The number of benzene rings is 1. The molecule has 30 heavy (non-hydrogen) atoms. The molecule has 6 nitrogen and oxygen atoms in total. The summed E-state index contributed by atoms with van der Waals surface area (Å²) >= 11 is 1.99. The maximum absolute atomic E-state index is 13.9. The van der Waals surface area contributed by atoms with E-state index in [1.807, 2.05) is 6.92 Å². The summed E-state index contributed by atoms with van der Waals surface area (Å²) in [5.41, 5.74) is -0.171. The van der Waals surface area contributed by atoms with Crippen LogP contribution in [0.3, 0.4) is 0 Å². The summed E-state index contributed by atoms with van der Waals surface area (Å²) in [6, 6.07) is 3.82. The number of hydrogen-bond acceptors (Lipinski definition) is 6. The molecule has 12 heteroatoms. The minimum Gasteiger partial charge on any atom is -0.481 e. The Balaban J connectivity index is 2.23. The van der Waals surface area contributed by atoms with Crippen molar-refractivity contribution in [2.45, 2.75) is 19.7 Å².